The van der Waals surface area contributed by atoms with E-state index < -0.39 is 0 Å². The summed E-state index contributed by atoms with van der Waals surface area (Å²) in [5, 5.41) is 4.74. The van der Waals surface area contributed by atoms with Gasteiger partial charge in [-0.05, 0) is 79.3 Å². The average molecular weight is 450 g/mol. The molecule has 0 atom stereocenters. The highest BCUT2D eigenvalue weighted by Crippen LogP contribution is 2.47. The SMILES string of the molecule is CCc1c(-c2ccc(F)cc2)oc2cc(Nc3cccc(Br)c3)c(C3CC3)cc12. The first-order valence-electron chi connectivity index (χ1n) is 10.00. The van der Waals surface area contributed by atoms with Crippen LogP contribution in [0.3, 0.4) is 0 Å². The largest absolute Gasteiger partial charge is 0.456 e. The lowest BCUT2D eigenvalue weighted by molar-refractivity contribution is 0.621. The summed E-state index contributed by atoms with van der Waals surface area (Å²) in [6, 6.07) is 19.1. The summed E-state index contributed by atoms with van der Waals surface area (Å²) in [4.78, 5) is 0. The maximum atomic E-state index is 13.4. The summed E-state index contributed by atoms with van der Waals surface area (Å²) in [5.41, 5.74) is 6.44. The average Bonchev–Trinajstić information content (AvgIpc) is 3.49. The van der Waals surface area contributed by atoms with Crippen molar-refractivity contribution in [3.63, 3.8) is 0 Å². The topological polar surface area (TPSA) is 25.2 Å². The standard InChI is InChI=1S/C25H21BrFNO/c1-2-20-22-13-21(15-6-7-15)23(28-19-5-3-4-17(26)12-19)14-24(22)29-25(20)16-8-10-18(27)11-9-16/h3-5,8-15,28H,2,6-7H2,1H3. The quantitative estimate of drug-likeness (QED) is 0.332. The molecule has 1 aromatic heterocycles. The fraction of sp³-hybridized carbons (Fsp3) is 0.200. The van der Waals surface area contributed by atoms with Crippen LogP contribution in [0.25, 0.3) is 22.3 Å². The van der Waals surface area contributed by atoms with Gasteiger partial charge in [0, 0.05) is 38.4 Å². The first-order valence-corrected chi connectivity index (χ1v) is 10.8. The summed E-state index contributed by atoms with van der Waals surface area (Å²) in [5.74, 6) is 1.20. The van der Waals surface area contributed by atoms with E-state index in [1.54, 1.807) is 12.1 Å². The van der Waals surface area contributed by atoms with Gasteiger partial charge in [-0.15, -0.1) is 0 Å². The highest BCUT2D eigenvalue weighted by atomic mass is 79.9. The summed E-state index contributed by atoms with van der Waals surface area (Å²) < 4.78 is 20.7. The van der Waals surface area contributed by atoms with Crippen molar-refractivity contribution >= 4 is 38.3 Å². The van der Waals surface area contributed by atoms with E-state index in [0.717, 1.165) is 44.6 Å². The fourth-order valence-corrected chi connectivity index (χ4v) is 4.36. The molecule has 4 aromatic rings. The predicted octanol–water partition coefficient (Wildman–Crippen LogP) is 8.18. The van der Waals surface area contributed by atoms with Gasteiger partial charge in [-0.25, -0.2) is 4.39 Å². The molecule has 0 unspecified atom stereocenters. The van der Waals surface area contributed by atoms with Gasteiger partial charge in [0.05, 0.1) is 0 Å². The number of furan rings is 1. The Morgan fingerprint density at radius 3 is 2.55 bits per heavy atom. The van der Waals surface area contributed by atoms with E-state index in [1.807, 2.05) is 12.1 Å². The van der Waals surface area contributed by atoms with Crippen LogP contribution in [0.15, 0.2) is 69.6 Å². The van der Waals surface area contributed by atoms with E-state index in [2.05, 4.69) is 52.4 Å². The van der Waals surface area contributed by atoms with Crippen molar-refractivity contribution in [2.75, 3.05) is 5.32 Å². The number of anilines is 2. The van der Waals surface area contributed by atoms with Crippen molar-refractivity contribution in [2.45, 2.75) is 32.1 Å². The van der Waals surface area contributed by atoms with Crippen molar-refractivity contribution in [3.05, 3.63) is 82.1 Å². The number of hydrogen-bond acceptors (Lipinski definition) is 2. The fourth-order valence-electron chi connectivity index (χ4n) is 3.96. The minimum absolute atomic E-state index is 0.237. The van der Waals surface area contributed by atoms with Crippen LogP contribution in [0.5, 0.6) is 0 Å². The molecule has 1 aliphatic rings. The Bertz CT molecular complexity index is 1190. The van der Waals surface area contributed by atoms with E-state index >= 15 is 0 Å². The number of hydrogen-bond donors (Lipinski definition) is 1. The molecule has 2 nitrogen and oxygen atoms in total. The molecular weight excluding hydrogens is 429 g/mol. The third-order valence-electron chi connectivity index (χ3n) is 5.54. The Hall–Kier alpha value is -2.59. The molecule has 0 aliphatic heterocycles. The summed E-state index contributed by atoms with van der Waals surface area (Å²) in [6.45, 7) is 2.14. The molecule has 1 fully saturated rings. The Morgan fingerprint density at radius 1 is 1.07 bits per heavy atom. The van der Waals surface area contributed by atoms with Crippen LogP contribution in [0, 0.1) is 5.82 Å². The summed E-state index contributed by atoms with van der Waals surface area (Å²) in [7, 11) is 0. The normalized spacial score (nSPS) is 13.8. The van der Waals surface area contributed by atoms with Gasteiger partial charge < -0.3 is 9.73 Å². The number of aryl methyl sites for hydroxylation is 1. The molecule has 1 aliphatic carbocycles. The van der Waals surface area contributed by atoms with E-state index in [-0.39, 0.29) is 5.82 Å². The second-order valence-electron chi connectivity index (χ2n) is 7.62. The van der Waals surface area contributed by atoms with Crippen molar-refractivity contribution in [3.8, 4) is 11.3 Å². The van der Waals surface area contributed by atoms with Gasteiger partial charge in [0.15, 0.2) is 0 Å². The molecule has 0 bridgehead atoms. The van der Waals surface area contributed by atoms with Crippen LogP contribution in [-0.2, 0) is 6.42 Å². The van der Waals surface area contributed by atoms with E-state index in [0.29, 0.717) is 5.92 Å². The first kappa shape index (κ1) is 18.4. The number of rotatable bonds is 5. The van der Waals surface area contributed by atoms with E-state index in [4.69, 9.17) is 4.42 Å². The Kier molecular flexibility index (Phi) is 4.67. The third kappa shape index (κ3) is 3.58. The van der Waals surface area contributed by atoms with Gasteiger partial charge in [0.25, 0.3) is 0 Å². The van der Waals surface area contributed by atoms with E-state index in [9.17, 15) is 4.39 Å². The molecule has 0 saturated heterocycles. The lowest BCUT2D eigenvalue weighted by atomic mass is 9.99. The summed E-state index contributed by atoms with van der Waals surface area (Å²) >= 11 is 3.54. The Morgan fingerprint density at radius 2 is 1.86 bits per heavy atom. The van der Waals surface area contributed by atoms with Crippen LogP contribution >= 0.6 is 15.9 Å². The zero-order valence-electron chi connectivity index (χ0n) is 16.1. The smallest absolute Gasteiger partial charge is 0.138 e. The monoisotopic (exact) mass is 449 g/mol. The van der Waals surface area contributed by atoms with Gasteiger partial charge in [-0.3, -0.25) is 0 Å². The third-order valence-corrected chi connectivity index (χ3v) is 6.04. The zero-order valence-corrected chi connectivity index (χ0v) is 17.7. The minimum atomic E-state index is -0.237. The maximum absolute atomic E-state index is 13.4. The van der Waals surface area contributed by atoms with E-state index in [1.165, 1.54) is 36.1 Å². The minimum Gasteiger partial charge on any atom is -0.456 e. The molecule has 146 valence electrons. The molecule has 1 N–H and O–H groups in total. The Balaban J connectivity index is 1.65. The van der Waals surface area contributed by atoms with Crippen LogP contribution < -0.4 is 5.32 Å². The van der Waals surface area contributed by atoms with Crippen LogP contribution in [-0.4, -0.2) is 0 Å². The van der Waals surface area contributed by atoms with Gasteiger partial charge in [-0.2, -0.15) is 0 Å². The van der Waals surface area contributed by atoms with Crippen molar-refractivity contribution < 1.29 is 8.81 Å². The molecule has 4 heteroatoms. The first-order chi connectivity index (χ1) is 14.1. The highest BCUT2D eigenvalue weighted by molar-refractivity contribution is 9.10. The van der Waals surface area contributed by atoms with Crippen molar-refractivity contribution in [2.24, 2.45) is 0 Å². The van der Waals surface area contributed by atoms with Crippen LogP contribution in [0.2, 0.25) is 0 Å². The van der Waals surface area contributed by atoms with Gasteiger partial charge in [0.1, 0.15) is 17.2 Å². The molecule has 1 saturated carbocycles. The Labute approximate surface area is 177 Å². The molecule has 1 heterocycles. The van der Waals surface area contributed by atoms with Gasteiger partial charge in [-0.1, -0.05) is 28.9 Å². The molecule has 3 aromatic carbocycles. The molecule has 5 rings (SSSR count). The predicted molar refractivity (Wildman–Crippen MR) is 120 cm³/mol. The second kappa shape index (κ2) is 7.34. The molecule has 0 radical (unpaired) electrons. The van der Waals surface area contributed by atoms with Gasteiger partial charge in [0.2, 0.25) is 0 Å². The number of benzene rings is 3. The molecular formula is C25H21BrFNO. The second-order valence-corrected chi connectivity index (χ2v) is 8.53. The number of fused-ring (bicyclic) bond motifs is 1. The van der Waals surface area contributed by atoms with Crippen molar-refractivity contribution in [1.82, 2.24) is 0 Å². The van der Waals surface area contributed by atoms with Crippen molar-refractivity contribution in [1.29, 1.82) is 0 Å². The van der Waals surface area contributed by atoms with Crippen LogP contribution in [0.4, 0.5) is 15.8 Å². The molecule has 0 spiro atoms. The number of nitrogens with one attached hydrogen (secondary N) is 1. The van der Waals surface area contributed by atoms with Gasteiger partial charge >= 0.3 is 0 Å². The van der Waals surface area contributed by atoms with Crippen LogP contribution in [0.1, 0.15) is 36.8 Å². The maximum Gasteiger partial charge on any atom is 0.138 e. The number of halogens is 2. The highest BCUT2D eigenvalue weighted by Gasteiger charge is 2.28. The zero-order chi connectivity index (χ0) is 20.0. The lowest BCUT2D eigenvalue weighted by Crippen LogP contribution is -1.95. The summed E-state index contributed by atoms with van der Waals surface area (Å²) in [6.07, 6.45) is 3.31. The molecule has 0 amide bonds. The lowest BCUT2D eigenvalue weighted by Gasteiger charge is -2.12. The molecule has 29 heavy (non-hydrogen) atoms.